The third-order valence-corrected chi connectivity index (χ3v) is 3.62. The van der Waals surface area contributed by atoms with Crippen LogP contribution in [0.2, 0.25) is 0 Å². The molecular formula is C14H16N2O5. The molecule has 1 aromatic heterocycles. The first-order chi connectivity index (χ1) is 9.69. The van der Waals surface area contributed by atoms with Gasteiger partial charge in [-0.15, -0.1) is 0 Å². The Hall–Kier alpha value is -2.18. The van der Waals surface area contributed by atoms with Gasteiger partial charge >= 0.3 is 11.9 Å². The molecule has 1 unspecified atom stereocenters. The minimum absolute atomic E-state index is 0.0361. The number of Topliss-reactive ketones (excluding diaryl/α,β-unsaturated/α-hetero) is 1. The summed E-state index contributed by atoms with van der Waals surface area (Å²) in [5.74, 6) is -2.00. The van der Waals surface area contributed by atoms with E-state index in [0.717, 1.165) is 4.68 Å². The third kappa shape index (κ3) is 2.22. The van der Waals surface area contributed by atoms with E-state index < -0.39 is 17.5 Å². The number of esters is 1. The monoisotopic (exact) mass is 292 g/mol. The third-order valence-electron chi connectivity index (χ3n) is 3.62. The zero-order chi connectivity index (χ0) is 15.5. The molecule has 21 heavy (non-hydrogen) atoms. The lowest BCUT2D eigenvalue weighted by molar-refractivity contribution is -0.155. The number of carboxylic acids is 1. The van der Waals surface area contributed by atoms with Crippen LogP contribution in [0.25, 0.3) is 0 Å². The molecule has 2 aliphatic carbocycles. The fourth-order valence-electron chi connectivity index (χ4n) is 2.82. The highest BCUT2D eigenvalue weighted by Gasteiger charge is 2.56. The maximum Gasteiger partial charge on any atom is 0.354 e. The smallest absolute Gasteiger partial charge is 0.354 e. The molecule has 1 aromatic rings. The molecule has 7 nitrogen and oxygen atoms in total. The largest absolute Gasteiger partial charge is 0.477 e. The number of hydrogen-bond donors (Lipinski definition) is 1. The van der Waals surface area contributed by atoms with E-state index in [1.54, 1.807) is 20.8 Å². The summed E-state index contributed by atoms with van der Waals surface area (Å²) in [6.07, 6.45) is 0.685. The van der Waals surface area contributed by atoms with Gasteiger partial charge in [0.25, 0.3) is 0 Å². The molecule has 2 aliphatic rings. The van der Waals surface area contributed by atoms with E-state index in [0.29, 0.717) is 12.0 Å². The zero-order valence-electron chi connectivity index (χ0n) is 12.0. The average Bonchev–Trinajstić information content (AvgIpc) is 2.93. The molecule has 1 saturated carbocycles. The molecule has 2 atom stereocenters. The molecule has 0 bridgehead atoms. The summed E-state index contributed by atoms with van der Waals surface area (Å²) in [5, 5.41) is 13.4. The standard InChI is InChI=1S/C14H16N2O5/c1-14(2,3)21-8(17)5-16-11(13(19)20)9-6-4-7(6)12(18)10(9)15-16/h6-7H,4-5H2,1-3H3,(H,19,20)/t6-,7?/m0/s1. The van der Waals surface area contributed by atoms with E-state index in [4.69, 9.17) is 4.74 Å². The predicted octanol–water partition coefficient (Wildman–Crippen LogP) is 1.22. The number of rotatable bonds is 3. The Kier molecular flexibility index (Phi) is 2.73. The highest BCUT2D eigenvalue weighted by atomic mass is 16.6. The van der Waals surface area contributed by atoms with Crippen molar-refractivity contribution in [2.75, 3.05) is 0 Å². The molecule has 1 N–H and O–H groups in total. The molecule has 1 fully saturated rings. The highest BCUT2D eigenvalue weighted by Crippen LogP contribution is 2.56. The summed E-state index contributed by atoms with van der Waals surface area (Å²) in [4.78, 5) is 35.3. The van der Waals surface area contributed by atoms with Crippen LogP contribution in [-0.2, 0) is 16.1 Å². The summed E-state index contributed by atoms with van der Waals surface area (Å²) >= 11 is 0. The minimum atomic E-state index is -1.17. The molecule has 0 spiro atoms. The van der Waals surface area contributed by atoms with Gasteiger partial charge in [-0.1, -0.05) is 0 Å². The Morgan fingerprint density at radius 3 is 2.62 bits per heavy atom. The summed E-state index contributed by atoms with van der Waals surface area (Å²) in [6, 6.07) is 0. The predicted molar refractivity (Wildman–Crippen MR) is 70.2 cm³/mol. The van der Waals surface area contributed by atoms with Crippen molar-refractivity contribution in [3.05, 3.63) is 17.0 Å². The van der Waals surface area contributed by atoms with E-state index in [1.165, 1.54) is 0 Å². The van der Waals surface area contributed by atoms with Crippen molar-refractivity contribution in [1.82, 2.24) is 9.78 Å². The van der Waals surface area contributed by atoms with Gasteiger partial charge in [0.05, 0.1) is 0 Å². The molecule has 3 rings (SSSR count). The lowest BCUT2D eigenvalue weighted by atomic mass is 10.1. The molecular weight excluding hydrogens is 276 g/mol. The van der Waals surface area contributed by atoms with E-state index in [-0.39, 0.29) is 35.6 Å². The Bertz CT molecular complexity index is 668. The van der Waals surface area contributed by atoms with Crippen molar-refractivity contribution in [2.45, 2.75) is 45.3 Å². The van der Waals surface area contributed by atoms with Crippen molar-refractivity contribution >= 4 is 17.7 Å². The maximum absolute atomic E-state index is 12.0. The fourth-order valence-corrected chi connectivity index (χ4v) is 2.82. The first-order valence-corrected chi connectivity index (χ1v) is 6.79. The molecule has 0 aliphatic heterocycles. The van der Waals surface area contributed by atoms with Crippen LogP contribution in [0.5, 0.6) is 0 Å². The topological polar surface area (TPSA) is 98.5 Å². The van der Waals surface area contributed by atoms with Gasteiger partial charge in [-0.25, -0.2) is 9.48 Å². The number of aromatic nitrogens is 2. The van der Waals surface area contributed by atoms with Crippen LogP contribution in [0.15, 0.2) is 0 Å². The van der Waals surface area contributed by atoms with Crippen LogP contribution in [0.3, 0.4) is 0 Å². The van der Waals surface area contributed by atoms with Crippen LogP contribution in [-0.4, -0.2) is 38.2 Å². The van der Waals surface area contributed by atoms with Gasteiger partial charge in [0.1, 0.15) is 17.8 Å². The highest BCUT2D eigenvalue weighted by molar-refractivity contribution is 6.07. The zero-order valence-corrected chi connectivity index (χ0v) is 12.0. The SMILES string of the molecule is CC(C)(C)OC(=O)Cn1nc2c(c1C(=O)O)[C@H]1CC1C2=O. The summed E-state index contributed by atoms with van der Waals surface area (Å²) < 4.78 is 6.24. The van der Waals surface area contributed by atoms with E-state index in [9.17, 15) is 19.5 Å². The summed E-state index contributed by atoms with van der Waals surface area (Å²) in [6.45, 7) is 4.87. The number of carboxylic acid groups (broad SMARTS) is 1. The molecule has 0 amide bonds. The first kappa shape index (κ1) is 13.8. The Balaban J connectivity index is 1.92. The van der Waals surface area contributed by atoms with Gasteiger partial charge in [0, 0.05) is 11.5 Å². The van der Waals surface area contributed by atoms with Crippen molar-refractivity contribution in [3.8, 4) is 0 Å². The number of carbonyl (C=O) groups is 3. The minimum Gasteiger partial charge on any atom is -0.477 e. The Morgan fingerprint density at radius 1 is 1.38 bits per heavy atom. The van der Waals surface area contributed by atoms with E-state index >= 15 is 0 Å². The molecule has 112 valence electrons. The summed E-state index contributed by atoms with van der Waals surface area (Å²) in [5.41, 5.74) is -0.0270. The number of ketones is 1. The number of fused-ring (bicyclic) bond motifs is 3. The second-order valence-corrected chi connectivity index (χ2v) is 6.47. The van der Waals surface area contributed by atoms with Crippen molar-refractivity contribution in [3.63, 3.8) is 0 Å². The van der Waals surface area contributed by atoms with Crippen LogP contribution >= 0.6 is 0 Å². The number of hydrogen-bond acceptors (Lipinski definition) is 5. The summed E-state index contributed by atoms with van der Waals surface area (Å²) in [7, 11) is 0. The normalized spacial score (nSPS) is 22.7. The number of nitrogens with zero attached hydrogens (tertiary/aromatic N) is 2. The lowest BCUT2D eigenvalue weighted by Crippen LogP contribution is -2.28. The Morgan fingerprint density at radius 2 is 2.05 bits per heavy atom. The Labute approximate surface area is 120 Å². The van der Waals surface area contributed by atoms with Gasteiger partial charge in [0.2, 0.25) is 0 Å². The maximum atomic E-state index is 12.0. The van der Waals surface area contributed by atoms with Crippen LogP contribution in [0, 0.1) is 5.92 Å². The van der Waals surface area contributed by atoms with E-state index in [2.05, 4.69) is 5.10 Å². The fraction of sp³-hybridized carbons (Fsp3) is 0.571. The van der Waals surface area contributed by atoms with Crippen molar-refractivity contribution < 1.29 is 24.2 Å². The van der Waals surface area contributed by atoms with Crippen LogP contribution < -0.4 is 0 Å². The molecule has 0 radical (unpaired) electrons. The van der Waals surface area contributed by atoms with Gasteiger partial charge in [0.15, 0.2) is 11.5 Å². The van der Waals surface area contributed by atoms with Crippen molar-refractivity contribution in [1.29, 1.82) is 0 Å². The molecule has 0 saturated heterocycles. The van der Waals surface area contributed by atoms with Gasteiger partial charge in [-0.2, -0.15) is 5.10 Å². The number of ether oxygens (including phenoxy) is 1. The number of carbonyl (C=O) groups excluding carboxylic acids is 2. The van der Waals surface area contributed by atoms with Gasteiger partial charge < -0.3 is 9.84 Å². The van der Waals surface area contributed by atoms with Crippen LogP contribution in [0.1, 0.15) is 59.7 Å². The van der Waals surface area contributed by atoms with E-state index in [1.807, 2.05) is 0 Å². The molecule has 0 aromatic carbocycles. The quantitative estimate of drug-likeness (QED) is 0.841. The average molecular weight is 292 g/mol. The molecule has 1 heterocycles. The van der Waals surface area contributed by atoms with Crippen molar-refractivity contribution in [2.24, 2.45) is 5.92 Å². The lowest BCUT2D eigenvalue weighted by Gasteiger charge is -2.19. The second kappa shape index (κ2) is 4.16. The van der Waals surface area contributed by atoms with Gasteiger partial charge in [-0.05, 0) is 33.1 Å². The first-order valence-electron chi connectivity index (χ1n) is 6.79. The second-order valence-electron chi connectivity index (χ2n) is 6.47. The number of aromatic carboxylic acids is 1. The van der Waals surface area contributed by atoms with Crippen LogP contribution in [0.4, 0.5) is 0 Å². The van der Waals surface area contributed by atoms with Gasteiger partial charge in [-0.3, -0.25) is 9.59 Å². The molecule has 7 heteroatoms.